The number of rotatable bonds is 6. The van der Waals surface area contributed by atoms with Gasteiger partial charge in [-0.25, -0.2) is 13.1 Å². The van der Waals surface area contributed by atoms with Gasteiger partial charge in [0.1, 0.15) is 0 Å². The van der Waals surface area contributed by atoms with Crippen molar-refractivity contribution in [3.63, 3.8) is 0 Å². The van der Waals surface area contributed by atoms with Crippen LogP contribution in [0.1, 0.15) is 12.8 Å². The van der Waals surface area contributed by atoms with E-state index in [1.165, 1.54) is 12.1 Å². The molecule has 0 bridgehead atoms. The van der Waals surface area contributed by atoms with Gasteiger partial charge < -0.3 is 10.6 Å². The summed E-state index contributed by atoms with van der Waals surface area (Å²) in [7, 11) is -1.85. The van der Waals surface area contributed by atoms with Crippen molar-refractivity contribution in [3.05, 3.63) is 24.3 Å². The zero-order valence-corrected chi connectivity index (χ0v) is 11.5. The average Bonchev–Trinajstić information content (AvgIpc) is 3.19. The summed E-state index contributed by atoms with van der Waals surface area (Å²) >= 11 is 0. The van der Waals surface area contributed by atoms with Crippen LogP contribution in [0, 0.1) is 0 Å². The Morgan fingerprint density at radius 1 is 1.26 bits per heavy atom. The first-order valence-electron chi connectivity index (χ1n) is 6.08. The van der Waals surface area contributed by atoms with Crippen LogP contribution in [0.5, 0.6) is 0 Å². The highest BCUT2D eigenvalue weighted by molar-refractivity contribution is 7.89. The second kappa shape index (κ2) is 5.58. The zero-order chi connectivity index (χ0) is 13.9. The third-order valence-electron chi connectivity index (χ3n) is 2.80. The predicted molar refractivity (Wildman–Crippen MR) is 72.3 cm³/mol. The fourth-order valence-electron chi connectivity index (χ4n) is 1.51. The Balaban J connectivity index is 1.99. The van der Waals surface area contributed by atoms with Gasteiger partial charge in [0.2, 0.25) is 15.9 Å². The highest BCUT2D eigenvalue weighted by Gasteiger charge is 2.27. The third-order valence-corrected chi connectivity index (χ3v) is 4.33. The molecule has 1 aliphatic carbocycles. The average molecular weight is 283 g/mol. The molecule has 1 aliphatic rings. The van der Waals surface area contributed by atoms with Crippen LogP contribution >= 0.6 is 0 Å². The van der Waals surface area contributed by atoms with Gasteiger partial charge in [0, 0.05) is 18.8 Å². The number of likely N-dealkylation sites (N-methyl/N-ethyl adjacent to an activating group) is 1. The Bertz CT molecular complexity index is 550. The number of carbonyl (C=O) groups excluding carboxylic acids is 1. The Morgan fingerprint density at radius 2 is 1.89 bits per heavy atom. The smallest absolute Gasteiger partial charge is 0.240 e. The quantitative estimate of drug-likeness (QED) is 0.700. The number of benzene rings is 1. The van der Waals surface area contributed by atoms with E-state index in [1.807, 2.05) is 0 Å². The van der Waals surface area contributed by atoms with Crippen LogP contribution in [0.2, 0.25) is 0 Å². The highest BCUT2D eigenvalue weighted by atomic mass is 32.2. The minimum absolute atomic E-state index is 0.0936. The summed E-state index contributed by atoms with van der Waals surface area (Å²) in [5, 5.41) is 5.39. The van der Waals surface area contributed by atoms with Gasteiger partial charge in [0.05, 0.1) is 11.4 Å². The number of carbonyl (C=O) groups is 1. The molecule has 0 aromatic heterocycles. The minimum Gasteiger partial charge on any atom is -0.376 e. The molecule has 0 atom stereocenters. The van der Waals surface area contributed by atoms with Gasteiger partial charge in [-0.15, -0.1) is 0 Å². The number of hydrogen-bond donors (Lipinski definition) is 3. The molecule has 0 unspecified atom stereocenters. The molecule has 19 heavy (non-hydrogen) atoms. The molecule has 7 heteroatoms. The maximum atomic E-state index is 11.9. The second-order valence-electron chi connectivity index (χ2n) is 4.45. The first kappa shape index (κ1) is 13.8. The van der Waals surface area contributed by atoms with E-state index < -0.39 is 10.0 Å². The monoisotopic (exact) mass is 283 g/mol. The van der Waals surface area contributed by atoms with Crippen molar-refractivity contribution >= 4 is 21.6 Å². The maximum Gasteiger partial charge on any atom is 0.240 e. The van der Waals surface area contributed by atoms with E-state index in [9.17, 15) is 13.2 Å². The van der Waals surface area contributed by atoms with E-state index in [0.29, 0.717) is 5.69 Å². The molecule has 104 valence electrons. The summed E-state index contributed by atoms with van der Waals surface area (Å²) in [6.07, 6.45) is 1.82. The number of anilines is 1. The summed E-state index contributed by atoms with van der Waals surface area (Å²) < 4.78 is 26.4. The first-order valence-corrected chi connectivity index (χ1v) is 7.56. The second-order valence-corrected chi connectivity index (χ2v) is 6.16. The lowest BCUT2D eigenvalue weighted by Crippen LogP contribution is -2.26. The van der Waals surface area contributed by atoms with E-state index in [0.717, 1.165) is 12.8 Å². The topological polar surface area (TPSA) is 87.3 Å². The van der Waals surface area contributed by atoms with Gasteiger partial charge in [-0.2, -0.15) is 0 Å². The van der Waals surface area contributed by atoms with Crippen molar-refractivity contribution in [2.75, 3.05) is 18.9 Å². The van der Waals surface area contributed by atoms with Crippen molar-refractivity contribution in [3.8, 4) is 0 Å². The molecule has 0 radical (unpaired) electrons. The molecule has 1 fully saturated rings. The van der Waals surface area contributed by atoms with Gasteiger partial charge in [0.15, 0.2) is 0 Å². The van der Waals surface area contributed by atoms with Gasteiger partial charge in [0.25, 0.3) is 0 Å². The molecule has 1 amide bonds. The molecule has 0 aliphatic heterocycles. The Kier molecular flexibility index (Phi) is 4.06. The summed E-state index contributed by atoms with van der Waals surface area (Å²) in [5.74, 6) is -0.132. The molecular formula is C12H17N3O3S. The number of amides is 1. The van der Waals surface area contributed by atoms with Crippen LogP contribution in [0.25, 0.3) is 0 Å². The molecule has 3 N–H and O–H groups in total. The number of sulfonamides is 1. The molecule has 0 spiro atoms. The van der Waals surface area contributed by atoms with Crippen LogP contribution in [-0.4, -0.2) is 34.0 Å². The maximum absolute atomic E-state index is 11.9. The van der Waals surface area contributed by atoms with E-state index in [-0.39, 0.29) is 23.4 Å². The van der Waals surface area contributed by atoms with Crippen molar-refractivity contribution in [2.45, 2.75) is 23.8 Å². The minimum atomic E-state index is -3.41. The van der Waals surface area contributed by atoms with Crippen LogP contribution in [0.3, 0.4) is 0 Å². The van der Waals surface area contributed by atoms with E-state index in [2.05, 4.69) is 15.4 Å². The number of nitrogens with one attached hydrogen (secondary N) is 3. The summed E-state index contributed by atoms with van der Waals surface area (Å²) in [5.41, 5.74) is 0.703. The zero-order valence-electron chi connectivity index (χ0n) is 10.6. The normalized spacial score (nSPS) is 15.0. The summed E-state index contributed by atoms with van der Waals surface area (Å²) in [6, 6.07) is 6.43. The van der Waals surface area contributed by atoms with Crippen molar-refractivity contribution in [1.29, 1.82) is 0 Å². The fraction of sp³-hybridized carbons (Fsp3) is 0.417. The van der Waals surface area contributed by atoms with Crippen molar-refractivity contribution < 1.29 is 13.2 Å². The van der Waals surface area contributed by atoms with E-state index in [4.69, 9.17) is 0 Å². The molecular weight excluding hydrogens is 266 g/mol. The molecule has 1 aromatic carbocycles. The molecule has 1 aromatic rings. The number of hydrogen-bond acceptors (Lipinski definition) is 4. The van der Waals surface area contributed by atoms with Gasteiger partial charge in [-0.3, -0.25) is 4.79 Å². The molecule has 1 saturated carbocycles. The van der Waals surface area contributed by atoms with Crippen LogP contribution in [0.4, 0.5) is 5.69 Å². The summed E-state index contributed by atoms with van der Waals surface area (Å²) in [4.78, 5) is 11.3. The Labute approximate surface area is 112 Å². The lowest BCUT2D eigenvalue weighted by molar-refractivity contribution is -0.118. The first-order chi connectivity index (χ1) is 9.01. The molecule has 0 heterocycles. The Morgan fingerprint density at radius 3 is 2.42 bits per heavy atom. The van der Waals surface area contributed by atoms with Gasteiger partial charge in [-0.1, -0.05) is 0 Å². The van der Waals surface area contributed by atoms with Crippen LogP contribution < -0.4 is 15.4 Å². The van der Waals surface area contributed by atoms with Gasteiger partial charge in [-0.05, 0) is 37.1 Å². The highest BCUT2D eigenvalue weighted by Crippen LogP contribution is 2.22. The van der Waals surface area contributed by atoms with Crippen LogP contribution in [0.15, 0.2) is 29.2 Å². The molecule has 2 rings (SSSR count). The lowest BCUT2D eigenvalue weighted by Gasteiger charge is -2.08. The standard InChI is InChI=1S/C12H17N3O3S/c1-13-12(16)8-14-9-4-6-11(7-5-9)19(17,18)15-10-2-3-10/h4-7,10,14-15H,2-3,8H2,1H3,(H,13,16). The van der Waals surface area contributed by atoms with Crippen LogP contribution in [-0.2, 0) is 14.8 Å². The largest absolute Gasteiger partial charge is 0.376 e. The Hall–Kier alpha value is -1.60. The third kappa shape index (κ3) is 3.93. The van der Waals surface area contributed by atoms with E-state index in [1.54, 1.807) is 19.2 Å². The van der Waals surface area contributed by atoms with Crippen molar-refractivity contribution in [2.24, 2.45) is 0 Å². The van der Waals surface area contributed by atoms with Gasteiger partial charge >= 0.3 is 0 Å². The lowest BCUT2D eigenvalue weighted by atomic mass is 10.3. The van der Waals surface area contributed by atoms with E-state index >= 15 is 0 Å². The molecule has 6 nitrogen and oxygen atoms in total. The van der Waals surface area contributed by atoms with Crippen molar-refractivity contribution in [1.82, 2.24) is 10.0 Å². The summed E-state index contributed by atoms with van der Waals surface area (Å²) in [6.45, 7) is 0.156. The predicted octanol–water partition coefficient (Wildman–Crippen LogP) is 0.285. The SMILES string of the molecule is CNC(=O)CNc1ccc(S(=O)(=O)NC2CC2)cc1. The molecule has 0 saturated heterocycles. The fourth-order valence-corrected chi connectivity index (χ4v) is 2.82.